The largest absolute Gasteiger partial charge is 0.383 e. The molecule has 38 heavy (non-hydrogen) atoms. The second-order valence-electron chi connectivity index (χ2n) is 10.7. The topological polar surface area (TPSA) is 172 Å². The molecule has 2 aliphatic heterocycles. The zero-order valence-corrected chi connectivity index (χ0v) is 22.7. The number of hydrazone groups is 1. The van der Waals surface area contributed by atoms with Crippen LogP contribution in [0.1, 0.15) is 51.5 Å². The summed E-state index contributed by atoms with van der Waals surface area (Å²) in [5, 5.41) is 18.3. The third kappa shape index (κ3) is 8.00. The molecule has 0 spiro atoms. The molecule has 1 saturated heterocycles. The Morgan fingerprint density at radius 2 is 2.08 bits per heavy atom. The third-order valence-electron chi connectivity index (χ3n) is 7.02. The number of hydrogen-bond donors (Lipinski definition) is 4. The van der Waals surface area contributed by atoms with Crippen molar-refractivity contribution in [2.45, 2.75) is 63.3 Å². The molecule has 0 aliphatic carbocycles. The van der Waals surface area contributed by atoms with Crippen LogP contribution in [0.15, 0.2) is 28.2 Å². The van der Waals surface area contributed by atoms with Crippen LogP contribution in [-0.2, 0) is 21.2 Å². The number of fused-ring (bicyclic) bond motifs is 1. The highest BCUT2D eigenvalue weighted by Gasteiger charge is 2.34. The molecule has 1 aromatic carbocycles. The van der Waals surface area contributed by atoms with Crippen LogP contribution in [0.25, 0.3) is 0 Å². The number of nitrogens with two attached hydrogens (primary N) is 1. The van der Waals surface area contributed by atoms with Crippen molar-refractivity contribution in [3.05, 3.63) is 33.9 Å². The molecule has 1 amide bonds. The van der Waals surface area contributed by atoms with E-state index >= 15 is 0 Å². The second kappa shape index (κ2) is 12.7. The van der Waals surface area contributed by atoms with Crippen LogP contribution in [0.3, 0.4) is 0 Å². The van der Waals surface area contributed by atoms with Crippen molar-refractivity contribution < 1.29 is 22.6 Å². The number of sulfonamides is 1. The smallest absolute Gasteiger partial charge is 0.266 e. The first-order valence-electron chi connectivity index (χ1n) is 12.9. The first-order chi connectivity index (χ1) is 17.9. The van der Waals surface area contributed by atoms with Crippen molar-refractivity contribution in [2.24, 2.45) is 22.2 Å². The highest BCUT2D eigenvalue weighted by molar-refractivity contribution is 7.89. The summed E-state index contributed by atoms with van der Waals surface area (Å²) in [6, 6.07) is 4.07. The van der Waals surface area contributed by atoms with Crippen LogP contribution in [0.2, 0.25) is 0 Å². The zero-order valence-electron chi connectivity index (χ0n) is 21.9. The summed E-state index contributed by atoms with van der Waals surface area (Å²) in [5.74, 6) is -0.519. The fraction of sp³-hybridized carbons (Fsp3) is 0.667. The van der Waals surface area contributed by atoms with Crippen molar-refractivity contribution >= 4 is 27.6 Å². The van der Waals surface area contributed by atoms with Gasteiger partial charge < -0.3 is 21.3 Å². The fourth-order valence-corrected chi connectivity index (χ4v) is 6.45. The van der Waals surface area contributed by atoms with Crippen molar-refractivity contribution in [1.29, 1.82) is 0 Å². The van der Waals surface area contributed by atoms with Crippen LogP contribution < -0.4 is 21.1 Å². The Kier molecular flexibility index (Phi) is 9.88. The lowest BCUT2D eigenvalue weighted by atomic mass is 9.82. The summed E-state index contributed by atoms with van der Waals surface area (Å²) in [6.07, 6.45) is 2.93. The Morgan fingerprint density at radius 3 is 2.74 bits per heavy atom. The lowest BCUT2D eigenvalue weighted by Gasteiger charge is -2.35. The summed E-state index contributed by atoms with van der Waals surface area (Å²) in [6.45, 7) is 5.44. The Morgan fingerprint density at radius 1 is 1.37 bits per heavy atom. The summed E-state index contributed by atoms with van der Waals surface area (Å²) < 4.78 is 42.5. The van der Waals surface area contributed by atoms with Crippen molar-refractivity contribution in [3.63, 3.8) is 0 Å². The molecule has 0 bridgehead atoms. The maximum absolute atomic E-state index is 13.6. The molecule has 0 radical (unpaired) electrons. The number of nitro groups is 1. The Labute approximate surface area is 222 Å². The van der Waals surface area contributed by atoms with E-state index in [1.807, 2.05) is 6.07 Å². The van der Waals surface area contributed by atoms with Gasteiger partial charge in [0.2, 0.25) is 15.9 Å². The van der Waals surface area contributed by atoms with Gasteiger partial charge >= 0.3 is 0 Å². The number of piperidine rings is 1. The maximum Gasteiger partial charge on any atom is 0.266 e. The number of carbonyl (C=O) groups is 1. The van der Waals surface area contributed by atoms with Crippen LogP contribution in [0.4, 0.5) is 10.1 Å². The number of likely N-dealkylation sites (tertiary alicyclic amines) is 1. The summed E-state index contributed by atoms with van der Waals surface area (Å²) in [4.78, 5) is 25.6. The Balaban J connectivity index is 1.76. The van der Waals surface area contributed by atoms with E-state index in [-0.39, 0.29) is 41.1 Å². The highest BCUT2D eigenvalue weighted by Crippen LogP contribution is 2.36. The van der Waals surface area contributed by atoms with Gasteiger partial charge in [-0.2, -0.15) is 4.72 Å². The predicted octanol–water partition coefficient (Wildman–Crippen LogP) is 1.80. The van der Waals surface area contributed by atoms with Crippen molar-refractivity contribution in [2.75, 3.05) is 38.2 Å². The van der Waals surface area contributed by atoms with Crippen LogP contribution >= 0.6 is 0 Å². The molecule has 2 aliphatic rings. The monoisotopic (exact) mass is 555 g/mol. The standard InChI is InChI=1S/C24H38FN7O5S/c1-24(2)15-18-5-3-7-20(21(18)28-16-24)38(36,37)30-19(6-4-12-27-23(26)29-32(34)35)22(33)31-13-9-17(8-11-25)10-14-31/h3,5,7,17,19,28,30H,4,6,8-16H2,1-2H3,(H3,26,27,29)/t19-/m0/s1. The molecule has 1 atom stereocenters. The molecular formula is C24H38FN7O5S. The lowest BCUT2D eigenvalue weighted by molar-refractivity contribution is -0.485. The number of guanidine groups is 1. The minimum Gasteiger partial charge on any atom is -0.383 e. The third-order valence-corrected chi connectivity index (χ3v) is 8.53. The highest BCUT2D eigenvalue weighted by atomic mass is 32.2. The molecule has 12 nitrogen and oxygen atoms in total. The van der Waals surface area contributed by atoms with Crippen molar-refractivity contribution in [3.8, 4) is 0 Å². The molecule has 1 aromatic rings. The lowest BCUT2D eigenvalue weighted by Crippen LogP contribution is -2.51. The summed E-state index contributed by atoms with van der Waals surface area (Å²) >= 11 is 0. The van der Waals surface area contributed by atoms with Crippen LogP contribution in [-0.4, -0.2) is 69.1 Å². The fourth-order valence-electron chi connectivity index (χ4n) is 5.00. The van der Waals surface area contributed by atoms with Gasteiger partial charge in [0.05, 0.1) is 12.4 Å². The average Bonchev–Trinajstić information content (AvgIpc) is 2.84. The SMILES string of the molecule is CC1(C)CNc2c(cccc2S(=O)(=O)N[C@@H](CCCN/C(N)=N/[N+](=O)[O-])C(=O)N2CCC(CCF)CC2)C1. The van der Waals surface area contributed by atoms with E-state index in [9.17, 15) is 27.7 Å². The maximum atomic E-state index is 13.6. The quantitative estimate of drug-likeness (QED) is 0.105. The number of halogens is 1. The van der Waals surface area contributed by atoms with Crippen LogP contribution in [0.5, 0.6) is 0 Å². The van der Waals surface area contributed by atoms with Gasteiger partial charge in [-0.05, 0) is 61.5 Å². The molecular weight excluding hydrogens is 517 g/mol. The van der Waals surface area contributed by atoms with Gasteiger partial charge in [0.1, 0.15) is 16.0 Å². The van der Waals surface area contributed by atoms with E-state index in [4.69, 9.17) is 5.73 Å². The number of benzene rings is 1. The Bertz CT molecular complexity index is 1140. The van der Waals surface area contributed by atoms with E-state index in [0.717, 1.165) is 5.56 Å². The second-order valence-corrected chi connectivity index (χ2v) is 12.4. The van der Waals surface area contributed by atoms with E-state index in [1.165, 1.54) is 6.07 Å². The minimum absolute atomic E-state index is 0.0249. The summed E-state index contributed by atoms with van der Waals surface area (Å²) in [5.41, 5.74) is 6.86. The van der Waals surface area contributed by atoms with Gasteiger partial charge in [0.25, 0.3) is 5.96 Å². The summed E-state index contributed by atoms with van der Waals surface area (Å²) in [7, 11) is -4.08. The van der Waals surface area contributed by atoms with E-state index in [1.54, 1.807) is 11.0 Å². The first-order valence-corrected chi connectivity index (χ1v) is 14.4. The van der Waals surface area contributed by atoms with Crippen LogP contribution in [0, 0.1) is 21.4 Å². The van der Waals surface area contributed by atoms with Gasteiger partial charge in [-0.25, -0.2) is 18.5 Å². The molecule has 0 saturated carbocycles. The number of alkyl halides is 1. The number of carbonyl (C=O) groups excluding carboxylic acids is 1. The van der Waals surface area contributed by atoms with Gasteiger partial charge in [0.15, 0.2) is 5.03 Å². The molecule has 212 valence electrons. The number of rotatable bonds is 11. The molecule has 0 unspecified atom stereocenters. The molecule has 5 N–H and O–H groups in total. The van der Waals surface area contributed by atoms with E-state index in [2.05, 4.69) is 34.3 Å². The Hall–Kier alpha value is -3.00. The number of para-hydroxylation sites is 1. The molecule has 3 rings (SSSR count). The van der Waals surface area contributed by atoms with E-state index in [0.29, 0.717) is 57.4 Å². The number of nitrogens with zero attached hydrogens (tertiary/aromatic N) is 3. The van der Waals surface area contributed by atoms with Gasteiger partial charge in [0, 0.05) is 26.2 Å². The molecule has 2 heterocycles. The zero-order chi connectivity index (χ0) is 27.9. The molecule has 0 aromatic heterocycles. The van der Waals surface area contributed by atoms with Gasteiger partial charge in [-0.1, -0.05) is 26.0 Å². The molecule has 14 heteroatoms. The average molecular weight is 556 g/mol. The first kappa shape index (κ1) is 29.6. The normalized spacial score (nSPS) is 18.8. The van der Waals surface area contributed by atoms with E-state index < -0.39 is 27.8 Å². The number of amides is 1. The van der Waals surface area contributed by atoms with Crippen molar-refractivity contribution in [1.82, 2.24) is 14.9 Å². The predicted molar refractivity (Wildman–Crippen MR) is 142 cm³/mol. The van der Waals surface area contributed by atoms with Gasteiger partial charge in [-0.3, -0.25) is 9.18 Å². The minimum atomic E-state index is -4.08. The number of anilines is 1. The molecule has 1 fully saturated rings. The van der Waals surface area contributed by atoms with Gasteiger partial charge in [-0.15, -0.1) is 0 Å². The number of nitrogens with one attached hydrogen (secondary N) is 3. The number of hydrogen-bond acceptors (Lipinski definition) is 6.